The molecule has 1 N–H and O–H groups in total. The van der Waals surface area contributed by atoms with E-state index in [0.29, 0.717) is 19.1 Å². The van der Waals surface area contributed by atoms with Crippen LogP contribution in [-0.4, -0.2) is 32.0 Å². The maximum atomic E-state index is 11.7. The Kier molecular flexibility index (Phi) is 8.75. The quantitative estimate of drug-likeness (QED) is 0.314. The summed E-state index contributed by atoms with van der Waals surface area (Å²) in [6, 6.07) is 25.9. The van der Waals surface area contributed by atoms with E-state index in [9.17, 15) is 4.79 Å². The van der Waals surface area contributed by atoms with Crippen LogP contribution in [0.4, 0.5) is 4.79 Å². The molecule has 1 amide bonds. The third-order valence-corrected chi connectivity index (χ3v) is 6.79. The van der Waals surface area contributed by atoms with Gasteiger partial charge in [-0.15, -0.1) is 0 Å². The van der Waals surface area contributed by atoms with Gasteiger partial charge in [-0.3, -0.25) is 0 Å². The first-order chi connectivity index (χ1) is 17.8. The van der Waals surface area contributed by atoms with Gasteiger partial charge in [0.15, 0.2) is 0 Å². The van der Waals surface area contributed by atoms with E-state index in [1.165, 1.54) is 22.3 Å². The number of carbonyl (C=O) groups excluding carboxylic acids is 1. The van der Waals surface area contributed by atoms with Crippen molar-refractivity contribution < 1.29 is 19.0 Å². The highest BCUT2D eigenvalue weighted by Crippen LogP contribution is 2.47. The van der Waals surface area contributed by atoms with Crippen molar-refractivity contribution in [1.82, 2.24) is 5.32 Å². The average molecular weight is 502 g/mol. The van der Waals surface area contributed by atoms with E-state index >= 15 is 0 Å². The summed E-state index contributed by atoms with van der Waals surface area (Å²) < 4.78 is 16.7. The zero-order chi connectivity index (χ0) is 26.3. The molecule has 0 spiro atoms. The molecule has 3 aromatic rings. The number of carbonyl (C=O) groups is 1. The van der Waals surface area contributed by atoms with E-state index in [2.05, 4.69) is 78.1 Å². The van der Waals surface area contributed by atoms with Crippen LogP contribution in [0.5, 0.6) is 11.5 Å². The van der Waals surface area contributed by atoms with E-state index in [0.717, 1.165) is 37.2 Å². The largest absolute Gasteiger partial charge is 0.497 e. The SMILES string of the molecule is COc1ccc2c(c1)CCC(c1ccccc1)C2c1ccc(OCCCCNC(=O)OC(C)(C)C)cc1. The minimum atomic E-state index is -0.479. The van der Waals surface area contributed by atoms with Crippen LogP contribution >= 0.6 is 0 Å². The first-order valence-corrected chi connectivity index (χ1v) is 13.3. The van der Waals surface area contributed by atoms with Crippen molar-refractivity contribution in [2.24, 2.45) is 0 Å². The number of hydrogen-bond donors (Lipinski definition) is 1. The van der Waals surface area contributed by atoms with Gasteiger partial charge >= 0.3 is 6.09 Å². The van der Waals surface area contributed by atoms with Crippen molar-refractivity contribution in [1.29, 1.82) is 0 Å². The highest BCUT2D eigenvalue weighted by Gasteiger charge is 2.32. The summed E-state index contributed by atoms with van der Waals surface area (Å²) in [5.41, 5.74) is 4.96. The fourth-order valence-electron chi connectivity index (χ4n) is 5.09. The van der Waals surface area contributed by atoms with Gasteiger partial charge < -0.3 is 19.5 Å². The lowest BCUT2D eigenvalue weighted by Crippen LogP contribution is -2.33. The molecule has 0 radical (unpaired) electrons. The Labute approximate surface area is 221 Å². The Bertz CT molecular complexity index is 1150. The first kappa shape index (κ1) is 26.6. The lowest BCUT2D eigenvalue weighted by Gasteiger charge is -2.35. The first-order valence-electron chi connectivity index (χ1n) is 13.3. The number of nitrogens with one attached hydrogen (secondary N) is 1. The highest BCUT2D eigenvalue weighted by atomic mass is 16.6. The smallest absolute Gasteiger partial charge is 0.407 e. The molecule has 37 heavy (non-hydrogen) atoms. The van der Waals surface area contributed by atoms with Gasteiger partial charge in [0.05, 0.1) is 13.7 Å². The molecule has 0 aliphatic heterocycles. The van der Waals surface area contributed by atoms with Crippen molar-refractivity contribution in [3.63, 3.8) is 0 Å². The molecule has 2 atom stereocenters. The minimum Gasteiger partial charge on any atom is -0.497 e. The third-order valence-electron chi connectivity index (χ3n) is 6.79. The van der Waals surface area contributed by atoms with Gasteiger partial charge in [-0.05, 0) is 98.9 Å². The predicted molar refractivity (Wildman–Crippen MR) is 148 cm³/mol. The summed E-state index contributed by atoms with van der Waals surface area (Å²) in [6.45, 7) is 6.76. The molecule has 0 saturated heterocycles. The van der Waals surface area contributed by atoms with Crippen molar-refractivity contribution in [2.45, 2.75) is 63.9 Å². The van der Waals surface area contributed by atoms with Gasteiger partial charge in [-0.25, -0.2) is 4.79 Å². The topological polar surface area (TPSA) is 56.8 Å². The maximum Gasteiger partial charge on any atom is 0.407 e. The van der Waals surface area contributed by atoms with E-state index in [-0.39, 0.29) is 12.0 Å². The molecule has 0 aromatic heterocycles. The molecule has 0 fully saturated rings. The monoisotopic (exact) mass is 501 g/mol. The predicted octanol–water partition coefficient (Wildman–Crippen LogP) is 7.24. The standard InChI is InChI=1S/C32H39NO4/c1-32(2,3)37-31(34)33-20-8-9-21-36-26-15-12-24(13-16-26)30-28(23-10-6-5-7-11-23)18-14-25-22-27(35-4)17-19-29(25)30/h5-7,10-13,15-17,19,22,28,30H,8-9,14,18,20-21H2,1-4H3,(H,33,34). The minimum absolute atomic E-state index is 0.282. The zero-order valence-corrected chi connectivity index (χ0v) is 22.5. The van der Waals surface area contributed by atoms with Crippen LogP contribution in [0.3, 0.4) is 0 Å². The summed E-state index contributed by atoms with van der Waals surface area (Å²) in [7, 11) is 1.73. The number of unbranched alkanes of at least 4 members (excludes halogenated alkanes) is 1. The second kappa shape index (κ2) is 12.2. The Morgan fingerprint density at radius 1 is 0.919 bits per heavy atom. The highest BCUT2D eigenvalue weighted by molar-refractivity contribution is 5.67. The molecular weight excluding hydrogens is 462 g/mol. The lowest BCUT2D eigenvalue weighted by atomic mass is 9.69. The molecule has 5 nitrogen and oxygen atoms in total. The summed E-state index contributed by atoms with van der Waals surface area (Å²) in [6.07, 6.45) is 3.46. The molecular formula is C32H39NO4. The van der Waals surface area contributed by atoms with E-state index in [1.807, 2.05) is 20.8 Å². The zero-order valence-electron chi connectivity index (χ0n) is 22.5. The number of hydrogen-bond acceptors (Lipinski definition) is 4. The number of alkyl carbamates (subject to hydrolysis) is 1. The number of amides is 1. The van der Waals surface area contributed by atoms with Gasteiger partial charge in [-0.1, -0.05) is 48.5 Å². The fraction of sp³-hybridized carbons (Fsp3) is 0.406. The Hall–Kier alpha value is -3.47. The van der Waals surface area contributed by atoms with Crippen molar-refractivity contribution in [3.05, 3.63) is 95.1 Å². The molecule has 3 aromatic carbocycles. The molecule has 5 heteroatoms. The van der Waals surface area contributed by atoms with Crippen LogP contribution in [0, 0.1) is 0 Å². The number of methoxy groups -OCH3 is 1. The Morgan fingerprint density at radius 2 is 1.65 bits per heavy atom. The summed E-state index contributed by atoms with van der Waals surface area (Å²) in [4.78, 5) is 11.7. The maximum absolute atomic E-state index is 11.7. The summed E-state index contributed by atoms with van der Waals surface area (Å²) in [5, 5.41) is 2.79. The second-order valence-corrected chi connectivity index (χ2v) is 10.7. The van der Waals surface area contributed by atoms with Crippen molar-refractivity contribution in [3.8, 4) is 11.5 Å². The summed E-state index contributed by atoms with van der Waals surface area (Å²) in [5.74, 6) is 2.49. The normalized spacial score (nSPS) is 17.0. The second-order valence-electron chi connectivity index (χ2n) is 10.7. The number of benzene rings is 3. The van der Waals surface area contributed by atoms with Crippen LogP contribution in [0.1, 0.15) is 74.1 Å². The van der Waals surface area contributed by atoms with Crippen LogP contribution in [-0.2, 0) is 11.2 Å². The van der Waals surface area contributed by atoms with E-state index in [4.69, 9.17) is 14.2 Å². The molecule has 0 saturated carbocycles. The van der Waals surface area contributed by atoms with E-state index in [1.54, 1.807) is 7.11 Å². The van der Waals surface area contributed by atoms with Gasteiger partial charge in [0, 0.05) is 12.5 Å². The van der Waals surface area contributed by atoms with Gasteiger partial charge in [0.2, 0.25) is 0 Å². The van der Waals surface area contributed by atoms with Crippen LogP contribution in [0.15, 0.2) is 72.8 Å². The average Bonchev–Trinajstić information content (AvgIpc) is 2.89. The lowest BCUT2D eigenvalue weighted by molar-refractivity contribution is 0.0526. The number of rotatable bonds is 9. The van der Waals surface area contributed by atoms with Crippen molar-refractivity contribution >= 4 is 6.09 Å². The Balaban J connectivity index is 1.38. The molecule has 196 valence electrons. The van der Waals surface area contributed by atoms with Crippen LogP contribution < -0.4 is 14.8 Å². The van der Waals surface area contributed by atoms with Crippen molar-refractivity contribution in [2.75, 3.05) is 20.3 Å². The number of ether oxygens (including phenoxy) is 3. The van der Waals surface area contributed by atoms with Gasteiger partial charge in [0.1, 0.15) is 17.1 Å². The molecule has 0 bridgehead atoms. The molecule has 1 aliphatic rings. The molecule has 1 aliphatic carbocycles. The van der Waals surface area contributed by atoms with Crippen LogP contribution in [0.2, 0.25) is 0 Å². The molecule has 4 rings (SSSR count). The van der Waals surface area contributed by atoms with E-state index < -0.39 is 5.60 Å². The molecule has 2 unspecified atom stereocenters. The van der Waals surface area contributed by atoms with Gasteiger partial charge in [0.25, 0.3) is 0 Å². The molecule has 0 heterocycles. The summed E-state index contributed by atoms with van der Waals surface area (Å²) >= 11 is 0. The Morgan fingerprint density at radius 3 is 2.35 bits per heavy atom. The van der Waals surface area contributed by atoms with Crippen LogP contribution in [0.25, 0.3) is 0 Å². The van der Waals surface area contributed by atoms with Gasteiger partial charge in [-0.2, -0.15) is 0 Å². The number of fused-ring (bicyclic) bond motifs is 1. The third kappa shape index (κ3) is 7.28. The number of aryl methyl sites for hydroxylation is 1. The fourth-order valence-corrected chi connectivity index (χ4v) is 5.09.